The first-order valence-electron chi connectivity index (χ1n) is 5.50. The predicted octanol–water partition coefficient (Wildman–Crippen LogP) is 2.66. The Balaban J connectivity index is 3.01. The summed E-state index contributed by atoms with van der Waals surface area (Å²) in [4.78, 5) is 0. The van der Waals surface area contributed by atoms with Crippen LogP contribution in [-0.2, 0) is 12.1 Å². The van der Waals surface area contributed by atoms with Gasteiger partial charge in [0, 0.05) is 0 Å². The second kappa shape index (κ2) is 5.30. The fourth-order valence-corrected chi connectivity index (χ4v) is 1.60. The fraction of sp³-hybridized carbons (Fsp3) is 0.538. The first-order valence-corrected chi connectivity index (χ1v) is 5.50. The molecule has 90 valence electrons. The summed E-state index contributed by atoms with van der Waals surface area (Å²) in [6, 6.07) is 5.50. The smallest absolute Gasteiger partial charge is 0.130 e. The molecular weight excluding hydrogens is 205 g/mol. The fourth-order valence-electron chi connectivity index (χ4n) is 1.60. The van der Waals surface area contributed by atoms with E-state index in [1.165, 1.54) is 0 Å². The van der Waals surface area contributed by atoms with Gasteiger partial charge in [0.15, 0.2) is 0 Å². The highest BCUT2D eigenvalue weighted by Crippen LogP contribution is 2.29. The zero-order chi connectivity index (χ0) is 12.2. The molecule has 0 saturated heterocycles. The van der Waals surface area contributed by atoms with Gasteiger partial charge < -0.3 is 10.1 Å². The Bertz CT molecular complexity index is 344. The maximum Gasteiger partial charge on any atom is 0.130 e. The molecule has 0 aromatic heterocycles. The Morgan fingerprint density at radius 1 is 1.38 bits per heavy atom. The van der Waals surface area contributed by atoms with Crippen molar-refractivity contribution in [2.75, 3.05) is 20.7 Å². The van der Waals surface area contributed by atoms with Crippen molar-refractivity contribution < 1.29 is 9.13 Å². The summed E-state index contributed by atoms with van der Waals surface area (Å²) in [6.45, 7) is 3.99. The van der Waals surface area contributed by atoms with Gasteiger partial charge in [-0.25, -0.2) is 4.39 Å². The van der Waals surface area contributed by atoms with Gasteiger partial charge in [0.25, 0.3) is 0 Å². The van der Waals surface area contributed by atoms with Crippen LogP contribution in [0, 0.1) is 0 Å². The molecule has 0 radical (unpaired) electrons. The molecule has 0 amide bonds. The van der Waals surface area contributed by atoms with Crippen molar-refractivity contribution in [1.82, 2.24) is 5.32 Å². The zero-order valence-corrected chi connectivity index (χ0v) is 10.4. The molecule has 0 spiro atoms. The lowest BCUT2D eigenvalue weighted by Crippen LogP contribution is -2.13. The maximum atomic E-state index is 13.8. The molecule has 0 saturated carbocycles. The van der Waals surface area contributed by atoms with Crippen LogP contribution in [0.4, 0.5) is 4.39 Å². The predicted molar refractivity (Wildman–Crippen MR) is 64.8 cm³/mol. The summed E-state index contributed by atoms with van der Waals surface area (Å²) in [5.74, 6) is 0.822. The number of methoxy groups -OCH3 is 1. The molecule has 0 unspecified atom stereocenters. The quantitative estimate of drug-likeness (QED) is 0.831. The summed E-state index contributed by atoms with van der Waals surface area (Å²) < 4.78 is 19.1. The highest BCUT2D eigenvalue weighted by Gasteiger charge is 2.19. The van der Waals surface area contributed by atoms with E-state index in [2.05, 4.69) is 5.32 Å². The first-order chi connectivity index (χ1) is 7.49. The van der Waals surface area contributed by atoms with Gasteiger partial charge in [0.05, 0.1) is 7.11 Å². The Morgan fingerprint density at radius 2 is 2.06 bits per heavy atom. The highest BCUT2D eigenvalue weighted by molar-refractivity contribution is 5.39. The van der Waals surface area contributed by atoms with Gasteiger partial charge in [0.2, 0.25) is 0 Å². The number of ether oxygens (including phenoxy) is 1. The third-order valence-corrected chi connectivity index (χ3v) is 2.61. The van der Waals surface area contributed by atoms with Crippen molar-refractivity contribution >= 4 is 0 Å². The number of nitrogens with one attached hydrogen (secondary N) is 1. The van der Waals surface area contributed by atoms with Gasteiger partial charge in [-0.05, 0) is 57.1 Å². The zero-order valence-electron chi connectivity index (χ0n) is 10.4. The molecular formula is C13H20FNO. The lowest BCUT2D eigenvalue weighted by Gasteiger charge is -2.17. The molecule has 0 aliphatic carbocycles. The van der Waals surface area contributed by atoms with E-state index in [9.17, 15) is 4.39 Å². The van der Waals surface area contributed by atoms with Crippen LogP contribution >= 0.6 is 0 Å². The number of likely N-dealkylation sites (N-methyl/N-ethyl adjacent to an activating group) is 1. The van der Waals surface area contributed by atoms with Crippen molar-refractivity contribution in [1.29, 1.82) is 0 Å². The molecule has 1 aromatic rings. The van der Waals surface area contributed by atoms with E-state index < -0.39 is 5.67 Å². The van der Waals surface area contributed by atoms with E-state index in [4.69, 9.17) is 4.74 Å². The molecule has 0 atom stereocenters. The van der Waals surface area contributed by atoms with Crippen LogP contribution in [0.2, 0.25) is 0 Å². The second-order valence-electron chi connectivity index (χ2n) is 4.35. The molecule has 1 N–H and O–H groups in total. The highest BCUT2D eigenvalue weighted by atomic mass is 19.1. The summed E-state index contributed by atoms with van der Waals surface area (Å²) in [6.07, 6.45) is 0.837. The molecule has 0 fully saturated rings. The minimum Gasteiger partial charge on any atom is -0.496 e. The third kappa shape index (κ3) is 3.20. The Hall–Kier alpha value is -1.09. The van der Waals surface area contributed by atoms with E-state index in [-0.39, 0.29) is 0 Å². The van der Waals surface area contributed by atoms with E-state index in [1.807, 2.05) is 19.2 Å². The molecule has 0 aliphatic heterocycles. The van der Waals surface area contributed by atoms with Crippen molar-refractivity contribution in [3.05, 3.63) is 29.3 Å². The molecule has 0 bridgehead atoms. The molecule has 0 aliphatic rings. The summed E-state index contributed by atoms with van der Waals surface area (Å²) >= 11 is 0. The van der Waals surface area contributed by atoms with E-state index >= 15 is 0 Å². The van der Waals surface area contributed by atoms with E-state index in [1.54, 1.807) is 27.0 Å². The Labute approximate surface area is 96.8 Å². The summed E-state index contributed by atoms with van der Waals surface area (Å²) in [5.41, 5.74) is 0.431. The van der Waals surface area contributed by atoms with Crippen molar-refractivity contribution in [3.8, 4) is 5.75 Å². The standard InChI is InChI=1S/C13H20FNO/c1-13(2,14)11-5-6-12(16-4)10(9-11)7-8-15-3/h5-6,9,15H,7-8H2,1-4H3. The van der Waals surface area contributed by atoms with Crippen LogP contribution < -0.4 is 10.1 Å². The first kappa shape index (κ1) is 13.0. The number of halogens is 1. The number of hydrogen-bond donors (Lipinski definition) is 1. The number of hydrogen-bond acceptors (Lipinski definition) is 2. The number of rotatable bonds is 5. The molecule has 1 rings (SSSR count). The van der Waals surface area contributed by atoms with Gasteiger partial charge >= 0.3 is 0 Å². The van der Waals surface area contributed by atoms with Crippen LogP contribution in [0.25, 0.3) is 0 Å². The minimum absolute atomic E-state index is 0.694. The van der Waals surface area contributed by atoms with Gasteiger partial charge in [-0.15, -0.1) is 0 Å². The van der Waals surface area contributed by atoms with Gasteiger partial charge in [-0.1, -0.05) is 6.07 Å². The average Bonchev–Trinajstić information content (AvgIpc) is 2.24. The average molecular weight is 225 g/mol. The molecule has 16 heavy (non-hydrogen) atoms. The largest absolute Gasteiger partial charge is 0.496 e. The van der Waals surface area contributed by atoms with Crippen LogP contribution in [0.1, 0.15) is 25.0 Å². The lowest BCUT2D eigenvalue weighted by atomic mass is 9.96. The Morgan fingerprint density at radius 3 is 2.56 bits per heavy atom. The number of alkyl halides is 1. The van der Waals surface area contributed by atoms with Crippen molar-refractivity contribution in [2.24, 2.45) is 0 Å². The van der Waals surface area contributed by atoms with Gasteiger partial charge in [-0.3, -0.25) is 0 Å². The van der Waals surface area contributed by atoms with Crippen LogP contribution in [0.5, 0.6) is 5.75 Å². The Kier molecular flexibility index (Phi) is 4.30. The maximum absolute atomic E-state index is 13.8. The van der Waals surface area contributed by atoms with Crippen molar-refractivity contribution in [3.63, 3.8) is 0 Å². The summed E-state index contributed by atoms with van der Waals surface area (Å²) in [7, 11) is 3.54. The number of benzene rings is 1. The SMILES string of the molecule is CNCCc1cc(C(C)(C)F)ccc1OC. The monoisotopic (exact) mass is 225 g/mol. The van der Waals surface area contributed by atoms with E-state index in [0.29, 0.717) is 5.56 Å². The molecule has 3 heteroatoms. The summed E-state index contributed by atoms with van der Waals surface area (Å²) in [5, 5.41) is 3.08. The van der Waals surface area contributed by atoms with Gasteiger partial charge in [0.1, 0.15) is 11.4 Å². The molecule has 0 heterocycles. The second-order valence-corrected chi connectivity index (χ2v) is 4.35. The topological polar surface area (TPSA) is 21.3 Å². The third-order valence-electron chi connectivity index (χ3n) is 2.61. The van der Waals surface area contributed by atoms with Crippen LogP contribution in [0.3, 0.4) is 0 Å². The van der Waals surface area contributed by atoms with Crippen molar-refractivity contribution in [2.45, 2.75) is 25.9 Å². The van der Waals surface area contributed by atoms with E-state index in [0.717, 1.165) is 24.3 Å². The van der Waals surface area contributed by atoms with Gasteiger partial charge in [-0.2, -0.15) is 0 Å². The van der Waals surface area contributed by atoms with Crippen LogP contribution in [0.15, 0.2) is 18.2 Å². The molecule has 2 nitrogen and oxygen atoms in total. The van der Waals surface area contributed by atoms with Crippen LogP contribution in [-0.4, -0.2) is 20.7 Å². The molecule has 1 aromatic carbocycles. The lowest BCUT2D eigenvalue weighted by molar-refractivity contribution is 0.221. The normalized spacial score (nSPS) is 11.6. The minimum atomic E-state index is -1.30.